The van der Waals surface area contributed by atoms with Crippen LogP contribution in [0.25, 0.3) is 0 Å². The summed E-state index contributed by atoms with van der Waals surface area (Å²) in [5.41, 5.74) is 2.74. The number of aryl methyl sites for hydroxylation is 1. The second-order valence-electron chi connectivity index (χ2n) is 6.26. The molecule has 0 aliphatic heterocycles. The molecule has 0 unspecified atom stereocenters. The monoisotopic (exact) mass is 222 g/mol. The molecular weight excluding hydrogens is 200 g/mol. The smallest absolute Gasteiger partial charge is 0.0709 e. The molecule has 0 saturated heterocycles. The van der Waals surface area contributed by atoms with Gasteiger partial charge in [-0.1, -0.05) is 20.8 Å². The zero-order valence-corrected chi connectivity index (χ0v) is 10.7. The van der Waals surface area contributed by atoms with Gasteiger partial charge in [-0.15, -0.1) is 0 Å². The third-order valence-corrected chi connectivity index (χ3v) is 3.47. The Labute approximate surface area is 97.5 Å². The molecule has 1 aliphatic rings. The Morgan fingerprint density at radius 1 is 1.44 bits per heavy atom. The fourth-order valence-electron chi connectivity index (χ4n) is 2.27. The van der Waals surface area contributed by atoms with Crippen molar-refractivity contribution < 1.29 is 5.11 Å². The van der Waals surface area contributed by atoms with Crippen LogP contribution in [0.1, 0.15) is 44.9 Å². The number of aliphatic hydroxyl groups is 1. The number of aliphatic hydroxyl groups excluding tert-OH is 1. The lowest BCUT2D eigenvalue weighted by Gasteiger charge is -2.19. The average Bonchev–Trinajstić information content (AvgIpc) is 2.83. The molecule has 0 bridgehead atoms. The zero-order valence-electron chi connectivity index (χ0n) is 10.7. The molecule has 0 amide bonds. The van der Waals surface area contributed by atoms with Crippen molar-refractivity contribution in [1.82, 2.24) is 9.78 Å². The van der Waals surface area contributed by atoms with Gasteiger partial charge in [-0.05, 0) is 30.2 Å². The molecule has 0 aromatic carbocycles. The van der Waals surface area contributed by atoms with Gasteiger partial charge in [0.1, 0.15) is 0 Å². The topological polar surface area (TPSA) is 38.0 Å². The van der Waals surface area contributed by atoms with E-state index in [9.17, 15) is 5.11 Å². The van der Waals surface area contributed by atoms with Gasteiger partial charge in [0.2, 0.25) is 0 Å². The van der Waals surface area contributed by atoms with Crippen LogP contribution in [0.5, 0.6) is 0 Å². The van der Waals surface area contributed by atoms with E-state index in [2.05, 4.69) is 32.1 Å². The quantitative estimate of drug-likeness (QED) is 0.849. The highest BCUT2D eigenvalue weighted by molar-refractivity contribution is 5.26. The summed E-state index contributed by atoms with van der Waals surface area (Å²) >= 11 is 0. The van der Waals surface area contributed by atoms with E-state index in [1.54, 1.807) is 0 Å². The Morgan fingerprint density at radius 2 is 2.06 bits per heavy atom. The van der Waals surface area contributed by atoms with Crippen molar-refractivity contribution in [1.29, 1.82) is 0 Å². The van der Waals surface area contributed by atoms with E-state index in [4.69, 9.17) is 0 Å². The molecular formula is C13H22N2O. The summed E-state index contributed by atoms with van der Waals surface area (Å²) in [5.74, 6) is 0. The Morgan fingerprint density at radius 3 is 2.50 bits per heavy atom. The van der Waals surface area contributed by atoms with Crippen LogP contribution in [-0.4, -0.2) is 21.5 Å². The molecule has 1 aliphatic carbocycles. The van der Waals surface area contributed by atoms with Crippen molar-refractivity contribution in [2.75, 3.05) is 6.61 Å². The maximum Gasteiger partial charge on any atom is 0.0709 e. The molecule has 1 N–H and O–H groups in total. The van der Waals surface area contributed by atoms with Gasteiger partial charge in [0.25, 0.3) is 0 Å². The SMILES string of the molecule is Cn1cc(CC2(CO)CC2)c(C(C)(C)C)n1. The van der Waals surface area contributed by atoms with Gasteiger partial charge in [-0.2, -0.15) is 5.10 Å². The van der Waals surface area contributed by atoms with Crippen LogP contribution in [0.4, 0.5) is 0 Å². The minimum Gasteiger partial charge on any atom is -0.396 e. The average molecular weight is 222 g/mol. The molecule has 16 heavy (non-hydrogen) atoms. The predicted molar refractivity (Wildman–Crippen MR) is 64.4 cm³/mol. The molecule has 0 radical (unpaired) electrons. The van der Waals surface area contributed by atoms with Gasteiger partial charge in [0.05, 0.1) is 5.69 Å². The zero-order chi connectivity index (χ0) is 12.0. The van der Waals surface area contributed by atoms with Gasteiger partial charge in [0.15, 0.2) is 0 Å². The first kappa shape index (κ1) is 11.6. The first-order valence-corrected chi connectivity index (χ1v) is 6.00. The molecule has 0 spiro atoms. The van der Waals surface area contributed by atoms with Crippen LogP contribution in [0.15, 0.2) is 6.20 Å². The highest BCUT2D eigenvalue weighted by Crippen LogP contribution is 2.48. The van der Waals surface area contributed by atoms with Gasteiger partial charge in [0, 0.05) is 25.3 Å². The Hall–Kier alpha value is -0.830. The molecule has 1 fully saturated rings. The van der Waals surface area contributed by atoms with E-state index >= 15 is 0 Å². The van der Waals surface area contributed by atoms with E-state index in [-0.39, 0.29) is 10.8 Å². The highest BCUT2D eigenvalue weighted by Gasteiger charge is 2.43. The molecule has 3 heteroatoms. The molecule has 1 aromatic rings. The summed E-state index contributed by atoms with van der Waals surface area (Å²) in [6, 6.07) is 0. The summed E-state index contributed by atoms with van der Waals surface area (Å²) in [5, 5.41) is 14.0. The second kappa shape index (κ2) is 3.59. The largest absolute Gasteiger partial charge is 0.396 e. The van der Waals surface area contributed by atoms with Crippen molar-refractivity contribution in [2.24, 2.45) is 12.5 Å². The number of hydrogen-bond donors (Lipinski definition) is 1. The van der Waals surface area contributed by atoms with Crippen LogP contribution in [0, 0.1) is 5.41 Å². The Balaban J connectivity index is 2.27. The fourth-order valence-corrected chi connectivity index (χ4v) is 2.27. The molecule has 1 aromatic heterocycles. The Kier molecular flexibility index (Phi) is 2.61. The third-order valence-electron chi connectivity index (χ3n) is 3.47. The van der Waals surface area contributed by atoms with Crippen LogP contribution >= 0.6 is 0 Å². The highest BCUT2D eigenvalue weighted by atomic mass is 16.3. The van der Waals surface area contributed by atoms with E-state index in [0.717, 1.165) is 19.3 Å². The molecule has 1 heterocycles. The normalized spacial score (nSPS) is 18.8. The van der Waals surface area contributed by atoms with E-state index < -0.39 is 0 Å². The number of nitrogens with zero attached hydrogens (tertiary/aromatic N) is 2. The first-order chi connectivity index (χ1) is 7.36. The number of aromatic nitrogens is 2. The van der Waals surface area contributed by atoms with Crippen LogP contribution < -0.4 is 0 Å². The lowest BCUT2D eigenvalue weighted by atomic mass is 9.86. The summed E-state index contributed by atoms with van der Waals surface area (Å²) in [6.45, 7) is 6.89. The van der Waals surface area contributed by atoms with Crippen molar-refractivity contribution in [2.45, 2.75) is 45.4 Å². The van der Waals surface area contributed by atoms with Gasteiger partial charge in [-0.3, -0.25) is 4.68 Å². The van der Waals surface area contributed by atoms with Crippen LogP contribution in [0.3, 0.4) is 0 Å². The fraction of sp³-hybridized carbons (Fsp3) is 0.769. The minimum absolute atomic E-state index is 0.0854. The van der Waals surface area contributed by atoms with E-state index in [0.29, 0.717) is 6.61 Å². The number of hydrogen-bond acceptors (Lipinski definition) is 2. The first-order valence-electron chi connectivity index (χ1n) is 6.00. The predicted octanol–water partition coefficient (Wildman–Crippen LogP) is 2.03. The summed E-state index contributed by atoms with van der Waals surface area (Å²) in [6.07, 6.45) is 5.39. The lowest BCUT2D eigenvalue weighted by molar-refractivity contribution is 0.210. The number of rotatable bonds is 3. The van der Waals surface area contributed by atoms with Crippen molar-refractivity contribution in [3.63, 3.8) is 0 Å². The molecule has 2 rings (SSSR count). The molecule has 90 valence electrons. The summed E-state index contributed by atoms with van der Waals surface area (Å²) < 4.78 is 1.89. The van der Waals surface area contributed by atoms with Gasteiger partial charge in [-0.25, -0.2) is 0 Å². The van der Waals surface area contributed by atoms with E-state index in [1.165, 1.54) is 11.3 Å². The maximum absolute atomic E-state index is 9.39. The van der Waals surface area contributed by atoms with Crippen molar-refractivity contribution in [3.05, 3.63) is 17.5 Å². The van der Waals surface area contributed by atoms with Crippen molar-refractivity contribution in [3.8, 4) is 0 Å². The van der Waals surface area contributed by atoms with Crippen LogP contribution in [0.2, 0.25) is 0 Å². The second-order valence-corrected chi connectivity index (χ2v) is 6.26. The standard InChI is InChI=1S/C13H22N2O/c1-12(2,3)11-10(8-15(4)14-11)7-13(9-16)5-6-13/h8,16H,5-7,9H2,1-4H3. The lowest BCUT2D eigenvalue weighted by Crippen LogP contribution is -2.18. The Bertz CT molecular complexity index is 383. The van der Waals surface area contributed by atoms with Crippen LogP contribution in [-0.2, 0) is 18.9 Å². The van der Waals surface area contributed by atoms with Crippen molar-refractivity contribution >= 4 is 0 Å². The summed E-state index contributed by atoms with van der Waals surface area (Å²) in [7, 11) is 1.97. The van der Waals surface area contributed by atoms with Gasteiger partial charge >= 0.3 is 0 Å². The molecule has 1 saturated carbocycles. The minimum atomic E-state index is 0.0854. The maximum atomic E-state index is 9.39. The molecule has 0 atom stereocenters. The summed E-state index contributed by atoms with van der Waals surface area (Å²) in [4.78, 5) is 0. The van der Waals surface area contributed by atoms with Gasteiger partial charge < -0.3 is 5.11 Å². The molecule has 3 nitrogen and oxygen atoms in total. The third kappa shape index (κ3) is 2.14. The van der Waals surface area contributed by atoms with E-state index in [1.807, 2.05) is 11.7 Å².